The Morgan fingerprint density at radius 2 is 1.66 bits per heavy atom. The number of hydrogen-bond donors (Lipinski definition) is 2. The maximum Gasteiger partial charge on any atom is 0.387 e. The number of nitrogens with two attached hydrogens (primary N) is 2. The lowest BCUT2D eigenvalue weighted by molar-refractivity contribution is -0.118. The minimum atomic E-state index is -2.97. The number of hydrogen-bond acceptors (Lipinski definition) is 8. The minimum Gasteiger partial charge on any atom is -0.497 e. The molecule has 2 aromatic carbocycles. The van der Waals surface area contributed by atoms with Gasteiger partial charge in [0, 0.05) is 11.3 Å². The van der Waals surface area contributed by atoms with Crippen molar-refractivity contribution in [1.82, 2.24) is 4.98 Å². The lowest BCUT2D eigenvalue weighted by atomic mass is 10.1. The van der Waals surface area contributed by atoms with Crippen LogP contribution < -0.4 is 25.8 Å². The molecule has 0 aliphatic rings. The van der Waals surface area contributed by atoms with Crippen LogP contribution in [0, 0.1) is 0 Å². The number of rotatable bonds is 9. The van der Waals surface area contributed by atoms with Crippen LogP contribution in [0.5, 0.6) is 11.5 Å². The van der Waals surface area contributed by atoms with E-state index in [4.69, 9.17) is 16.2 Å². The number of ether oxygens (including phenoxy) is 2. The second kappa shape index (κ2) is 9.60. The summed E-state index contributed by atoms with van der Waals surface area (Å²) in [7, 11) is 1.53. The normalized spacial score (nSPS) is 11.8. The molecule has 4 N–H and O–H groups in total. The van der Waals surface area contributed by atoms with Gasteiger partial charge in [-0.2, -0.15) is 8.78 Å². The molecule has 0 fully saturated rings. The number of halogens is 2. The first-order chi connectivity index (χ1) is 15.2. The van der Waals surface area contributed by atoms with Crippen LogP contribution >= 0.6 is 11.3 Å². The van der Waals surface area contributed by atoms with E-state index >= 15 is 0 Å². The molecule has 0 bridgehead atoms. The van der Waals surface area contributed by atoms with Crippen molar-refractivity contribution in [3.8, 4) is 11.5 Å². The van der Waals surface area contributed by atoms with Crippen LogP contribution in [0.4, 0.5) is 25.4 Å². The molecule has 1 heterocycles. The first-order valence-corrected chi connectivity index (χ1v) is 10.1. The second-order valence-corrected chi connectivity index (χ2v) is 7.57. The fraction of sp³-hybridized carbons (Fsp3) is 0.190. The van der Waals surface area contributed by atoms with Gasteiger partial charge in [0.15, 0.2) is 5.13 Å². The van der Waals surface area contributed by atoms with E-state index in [1.807, 2.05) is 0 Å². The van der Waals surface area contributed by atoms with Gasteiger partial charge in [0.25, 0.3) is 0 Å². The van der Waals surface area contributed by atoms with Gasteiger partial charge in [0.05, 0.1) is 7.11 Å². The second-order valence-electron chi connectivity index (χ2n) is 6.59. The lowest BCUT2D eigenvalue weighted by Crippen LogP contribution is -2.39. The largest absolute Gasteiger partial charge is 0.497 e. The molecule has 0 radical (unpaired) electrons. The van der Waals surface area contributed by atoms with Crippen LogP contribution in [-0.2, 0) is 4.79 Å². The zero-order valence-electron chi connectivity index (χ0n) is 17.1. The van der Waals surface area contributed by atoms with Crippen molar-refractivity contribution in [2.75, 3.05) is 17.7 Å². The fourth-order valence-corrected chi connectivity index (χ4v) is 3.92. The monoisotopic (exact) mass is 462 g/mol. The Hall–Kier alpha value is -3.73. The van der Waals surface area contributed by atoms with E-state index in [0.717, 1.165) is 11.3 Å². The third kappa shape index (κ3) is 4.94. The smallest absolute Gasteiger partial charge is 0.387 e. The van der Waals surface area contributed by atoms with E-state index in [1.165, 1.54) is 31.4 Å². The number of alkyl halides is 2. The number of carbonyl (C=O) groups excluding carboxylic acids is 2. The molecule has 11 heteroatoms. The predicted octanol–water partition coefficient (Wildman–Crippen LogP) is 3.58. The molecule has 1 atom stereocenters. The fourth-order valence-electron chi connectivity index (χ4n) is 2.87. The zero-order valence-corrected chi connectivity index (χ0v) is 17.9. The number of methoxy groups -OCH3 is 1. The van der Waals surface area contributed by atoms with Gasteiger partial charge < -0.3 is 25.8 Å². The first-order valence-electron chi connectivity index (χ1n) is 9.29. The van der Waals surface area contributed by atoms with Crippen LogP contribution in [0.15, 0.2) is 48.5 Å². The SMILES string of the molecule is COc1ccc(N(c2nc(N)c(C(=O)c3ccc(OC(F)F)cc3)s2)[C@@H](C)C(N)=O)cc1. The third-order valence-electron chi connectivity index (χ3n) is 4.55. The van der Waals surface area contributed by atoms with Gasteiger partial charge in [-0.25, -0.2) is 4.98 Å². The highest BCUT2D eigenvalue weighted by Crippen LogP contribution is 2.36. The predicted molar refractivity (Wildman–Crippen MR) is 117 cm³/mol. The van der Waals surface area contributed by atoms with Gasteiger partial charge in [0.1, 0.15) is 28.2 Å². The van der Waals surface area contributed by atoms with E-state index in [9.17, 15) is 18.4 Å². The number of nitrogens with zero attached hydrogens (tertiary/aromatic N) is 2. The van der Waals surface area contributed by atoms with Gasteiger partial charge in [-0.3, -0.25) is 9.59 Å². The number of nitrogen functional groups attached to an aromatic ring is 1. The van der Waals surface area contributed by atoms with E-state index in [1.54, 1.807) is 36.1 Å². The van der Waals surface area contributed by atoms with Crippen molar-refractivity contribution in [2.45, 2.75) is 19.6 Å². The van der Waals surface area contributed by atoms with E-state index in [-0.39, 0.29) is 22.0 Å². The molecule has 0 unspecified atom stereocenters. The molecule has 3 aromatic rings. The summed E-state index contributed by atoms with van der Waals surface area (Å²) in [6, 6.07) is 11.3. The first kappa shape index (κ1) is 22.9. The maximum absolute atomic E-state index is 12.9. The van der Waals surface area contributed by atoms with Crippen molar-refractivity contribution >= 4 is 39.7 Å². The third-order valence-corrected chi connectivity index (χ3v) is 5.61. The molecule has 0 saturated carbocycles. The molecule has 0 spiro atoms. The van der Waals surface area contributed by atoms with E-state index in [0.29, 0.717) is 16.6 Å². The number of benzene rings is 2. The average molecular weight is 462 g/mol. The van der Waals surface area contributed by atoms with E-state index in [2.05, 4.69) is 9.72 Å². The van der Waals surface area contributed by atoms with E-state index < -0.39 is 24.3 Å². The summed E-state index contributed by atoms with van der Waals surface area (Å²) < 4.78 is 34.1. The molecule has 8 nitrogen and oxygen atoms in total. The summed E-state index contributed by atoms with van der Waals surface area (Å²) in [5.41, 5.74) is 12.3. The highest BCUT2D eigenvalue weighted by atomic mass is 32.1. The molecular weight excluding hydrogens is 442 g/mol. The molecule has 1 amide bonds. The van der Waals surface area contributed by atoms with Crippen molar-refractivity contribution in [2.24, 2.45) is 5.73 Å². The van der Waals surface area contributed by atoms with Crippen LogP contribution in [0.3, 0.4) is 0 Å². The number of anilines is 3. The quantitative estimate of drug-likeness (QED) is 0.466. The highest BCUT2D eigenvalue weighted by molar-refractivity contribution is 7.18. The molecule has 32 heavy (non-hydrogen) atoms. The van der Waals surface area contributed by atoms with Gasteiger partial charge >= 0.3 is 6.61 Å². The minimum absolute atomic E-state index is 0.0295. The standard InChI is InChI=1S/C21H20F2N4O4S/c1-11(19(25)29)27(13-5-9-14(30-2)10-6-13)21-26-18(24)17(32-21)16(28)12-3-7-15(8-4-12)31-20(22)23/h3-11,20H,24H2,1-2H3,(H2,25,29)/t11-/m0/s1. The summed E-state index contributed by atoms with van der Waals surface area (Å²) in [5.74, 6) is -0.531. The average Bonchev–Trinajstić information content (AvgIpc) is 3.14. The summed E-state index contributed by atoms with van der Waals surface area (Å²) in [4.78, 5) is 30.9. The number of aromatic nitrogens is 1. The van der Waals surface area contributed by atoms with Gasteiger partial charge in [-0.05, 0) is 55.5 Å². The van der Waals surface area contributed by atoms with Crippen LogP contribution in [0.1, 0.15) is 22.2 Å². The molecule has 1 aromatic heterocycles. The summed E-state index contributed by atoms with van der Waals surface area (Å²) in [6.45, 7) is -1.36. The summed E-state index contributed by atoms with van der Waals surface area (Å²) in [6.07, 6.45) is 0. The Morgan fingerprint density at radius 3 is 2.19 bits per heavy atom. The molecule has 168 valence electrons. The molecule has 0 aliphatic heterocycles. The van der Waals surface area contributed by atoms with Crippen LogP contribution in [-0.4, -0.2) is 36.4 Å². The van der Waals surface area contributed by atoms with Crippen LogP contribution in [0.25, 0.3) is 0 Å². The van der Waals surface area contributed by atoms with Gasteiger partial charge in [-0.1, -0.05) is 11.3 Å². The maximum atomic E-state index is 12.9. The molecule has 3 rings (SSSR count). The molecule has 0 aliphatic carbocycles. The Kier molecular flexibility index (Phi) is 6.89. The van der Waals surface area contributed by atoms with Gasteiger partial charge in [-0.15, -0.1) is 0 Å². The summed E-state index contributed by atoms with van der Waals surface area (Å²) in [5, 5.41) is 0.292. The highest BCUT2D eigenvalue weighted by Gasteiger charge is 2.27. The molecule has 0 saturated heterocycles. The zero-order chi connectivity index (χ0) is 23.4. The Balaban J connectivity index is 1.95. The van der Waals surface area contributed by atoms with Crippen LogP contribution in [0.2, 0.25) is 0 Å². The number of thiazole rings is 1. The Bertz CT molecular complexity index is 1100. The number of ketones is 1. The lowest BCUT2D eigenvalue weighted by Gasteiger charge is -2.26. The topological polar surface area (TPSA) is 121 Å². The van der Waals surface area contributed by atoms with Crippen molar-refractivity contribution in [1.29, 1.82) is 0 Å². The Morgan fingerprint density at radius 1 is 1.06 bits per heavy atom. The van der Waals surface area contributed by atoms with Crippen molar-refractivity contribution in [3.63, 3.8) is 0 Å². The number of carbonyl (C=O) groups is 2. The van der Waals surface area contributed by atoms with Crippen molar-refractivity contribution in [3.05, 3.63) is 59.0 Å². The summed E-state index contributed by atoms with van der Waals surface area (Å²) >= 11 is 0.986. The number of primary amides is 1. The van der Waals surface area contributed by atoms with Gasteiger partial charge in [0.2, 0.25) is 11.7 Å². The number of amides is 1. The van der Waals surface area contributed by atoms with Crippen molar-refractivity contribution < 1.29 is 27.8 Å². The molecular formula is C21H20F2N4O4S. The Labute approximate surface area is 186 Å².